The largest absolute Gasteiger partial charge is 0.363 e. The molecular formula is C10H15ClN3O2S+. The lowest BCUT2D eigenvalue weighted by Crippen LogP contribution is -2.55. The maximum atomic E-state index is 11.4. The minimum absolute atomic E-state index is 0.379. The topological polar surface area (TPSA) is 61.4 Å². The van der Waals surface area contributed by atoms with Gasteiger partial charge >= 0.3 is 6.03 Å². The Morgan fingerprint density at radius 3 is 2.59 bits per heavy atom. The Bertz CT molecular complexity index is 384. The molecule has 7 heteroatoms. The van der Waals surface area contributed by atoms with Crippen LogP contribution in [0.25, 0.3) is 0 Å². The summed E-state index contributed by atoms with van der Waals surface area (Å²) in [6.07, 6.45) is 0.812. The Hall–Kier alpha value is -0.950. The summed E-state index contributed by atoms with van der Waals surface area (Å²) < 4.78 is -1.04. The SMILES string of the molecule is CCCNC(=O)N[N+](O)(S)c1ccc(Cl)cc1. The molecule has 94 valence electrons. The van der Waals surface area contributed by atoms with Gasteiger partial charge in [-0.15, -0.1) is 5.43 Å². The van der Waals surface area contributed by atoms with Crippen LogP contribution >= 0.6 is 24.4 Å². The van der Waals surface area contributed by atoms with E-state index in [9.17, 15) is 10.0 Å². The van der Waals surface area contributed by atoms with Gasteiger partial charge in [0.1, 0.15) is 12.8 Å². The number of urea groups is 1. The van der Waals surface area contributed by atoms with Crippen LogP contribution in [0.3, 0.4) is 0 Å². The summed E-state index contributed by atoms with van der Waals surface area (Å²) in [5.41, 5.74) is 2.67. The fourth-order valence-corrected chi connectivity index (χ4v) is 1.48. The number of carbonyl (C=O) groups excluding carboxylic acids is 1. The van der Waals surface area contributed by atoms with E-state index >= 15 is 0 Å². The summed E-state index contributed by atoms with van der Waals surface area (Å²) >= 11 is 9.67. The third-order valence-electron chi connectivity index (χ3n) is 1.98. The van der Waals surface area contributed by atoms with Crippen molar-refractivity contribution in [2.24, 2.45) is 0 Å². The second kappa shape index (κ2) is 6.11. The molecule has 0 radical (unpaired) electrons. The van der Waals surface area contributed by atoms with Crippen molar-refractivity contribution in [3.8, 4) is 0 Å². The number of nitrogens with one attached hydrogen (secondary N) is 2. The van der Waals surface area contributed by atoms with Crippen LogP contribution in [0.1, 0.15) is 13.3 Å². The number of thiol groups is 1. The molecular weight excluding hydrogens is 262 g/mol. The number of hydrogen-bond acceptors (Lipinski definition) is 3. The summed E-state index contributed by atoms with van der Waals surface area (Å²) in [4.78, 5) is 11.4. The normalized spacial score (nSPS) is 13.9. The van der Waals surface area contributed by atoms with Gasteiger partial charge in [0, 0.05) is 27.9 Å². The Labute approximate surface area is 110 Å². The van der Waals surface area contributed by atoms with E-state index in [2.05, 4.69) is 23.6 Å². The Kier molecular flexibility index (Phi) is 5.07. The minimum Gasteiger partial charge on any atom is -0.334 e. The number of amides is 2. The van der Waals surface area contributed by atoms with E-state index in [1.165, 1.54) is 0 Å². The fraction of sp³-hybridized carbons (Fsp3) is 0.300. The highest BCUT2D eigenvalue weighted by molar-refractivity contribution is 7.79. The third-order valence-corrected chi connectivity index (χ3v) is 2.56. The Balaban J connectivity index is 2.67. The number of carbonyl (C=O) groups is 1. The van der Waals surface area contributed by atoms with E-state index in [4.69, 9.17) is 11.6 Å². The van der Waals surface area contributed by atoms with Crippen molar-refractivity contribution in [3.05, 3.63) is 29.3 Å². The van der Waals surface area contributed by atoms with Gasteiger partial charge in [0.05, 0.1) is 0 Å². The summed E-state index contributed by atoms with van der Waals surface area (Å²) in [7, 11) is 0. The molecule has 0 aliphatic carbocycles. The monoisotopic (exact) mass is 276 g/mol. The van der Waals surface area contributed by atoms with Crippen LogP contribution in [0.15, 0.2) is 24.3 Å². The van der Waals surface area contributed by atoms with Crippen molar-refractivity contribution < 1.29 is 10.0 Å². The zero-order valence-corrected chi connectivity index (χ0v) is 11.0. The smallest absolute Gasteiger partial charge is 0.334 e. The van der Waals surface area contributed by atoms with Gasteiger partial charge in [-0.2, -0.15) is 5.21 Å². The van der Waals surface area contributed by atoms with Crippen molar-refractivity contribution in [1.82, 2.24) is 14.9 Å². The highest BCUT2D eigenvalue weighted by Crippen LogP contribution is 2.22. The predicted octanol–water partition coefficient (Wildman–Crippen LogP) is 2.51. The number of halogens is 1. The maximum Gasteiger partial charge on any atom is 0.363 e. The van der Waals surface area contributed by atoms with E-state index in [1.54, 1.807) is 24.3 Å². The van der Waals surface area contributed by atoms with Crippen LogP contribution in [0.2, 0.25) is 5.02 Å². The molecule has 1 aromatic carbocycles. The van der Waals surface area contributed by atoms with E-state index in [1.807, 2.05) is 6.92 Å². The van der Waals surface area contributed by atoms with E-state index in [-0.39, 0.29) is 0 Å². The molecule has 17 heavy (non-hydrogen) atoms. The molecule has 0 spiro atoms. The molecule has 1 atom stereocenters. The first kappa shape index (κ1) is 14.1. The molecule has 0 saturated carbocycles. The molecule has 0 bridgehead atoms. The Morgan fingerprint density at radius 1 is 1.47 bits per heavy atom. The van der Waals surface area contributed by atoms with Gasteiger partial charge in [-0.05, 0) is 18.6 Å². The lowest BCUT2D eigenvalue weighted by atomic mass is 10.3. The van der Waals surface area contributed by atoms with Gasteiger partial charge in [0.2, 0.25) is 5.69 Å². The van der Waals surface area contributed by atoms with E-state index in [0.717, 1.165) is 6.42 Å². The van der Waals surface area contributed by atoms with Gasteiger partial charge < -0.3 is 5.32 Å². The first-order chi connectivity index (χ1) is 7.95. The highest BCUT2D eigenvalue weighted by atomic mass is 35.5. The van der Waals surface area contributed by atoms with Crippen molar-refractivity contribution >= 4 is 36.1 Å². The van der Waals surface area contributed by atoms with Gasteiger partial charge in [0.15, 0.2) is 0 Å². The second-order valence-electron chi connectivity index (χ2n) is 3.45. The van der Waals surface area contributed by atoms with Crippen molar-refractivity contribution in [3.63, 3.8) is 0 Å². The quantitative estimate of drug-likeness (QED) is 0.388. The number of rotatable bonds is 4. The van der Waals surface area contributed by atoms with Crippen LogP contribution in [0.5, 0.6) is 0 Å². The molecule has 5 nitrogen and oxygen atoms in total. The molecule has 1 aromatic rings. The standard InChI is InChI=1S/C10H14ClN3O2S/c1-2-7-12-10(15)13-14(16,17)9-5-3-8(11)4-6-9/h3-6,16-17H,2,7H2,1H3,(H-,12,13,15)/p+1. The first-order valence-electron chi connectivity index (χ1n) is 5.12. The van der Waals surface area contributed by atoms with Crippen molar-refractivity contribution in [1.29, 1.82) is 0 Å². The van der Waals surface area contributed by atoms with Crippen LogP contribution in [0.4, 0.5) is 10.5 Å². The lowest BCUT2D eigenvalue weighted by Gasteiger charge is -2.21. The van der Waals surface area contributed by atoms with Crippen molar-refractivity contribution in [2.45, 2.75) is 13.3 Å². The molecule has 0 saturated heterocycles. The summed E-state index contributed by atoms with van der Waals surface area (Å²) in [6, 6.07) is 5.83. The highest BCUT2D eigenvalue weighted by Gasteiger charge is 2.28. The average Bonchev–Trinajstić information content (AvgIpc) is 2.26. The summed E-state index contributed by atoms with van der Waals surface area (Å²) in [5, 5.41) is 13.0. The van der Waals surface area contributed by atoms with Crippen LogP contribution in [-0.4, -0.2) is 17.8 Å². The average molecular weight is 277 g/mol. The van der Waals surface area contributed by atoms with Gasteiger partial charge in [0.25, 0.3) is 0 Å². The molecule has 0 heterocycles. The van der Waals surface area contributed by atoms with Gasteiger partial charge in [-0.3, -0.25) is 0 Å². The molecule has 0 fully saturated rings. The first-order valence-corrected chi connectivity index (χ1v) is 5.90. The van der Waals surface area contributed by atoms with Gasteiger partial charge in [-0.25, -0.2) is 4.79 Å². The predicted molar refractivity (Wildman–Crippen MR) is 70.8 cm³/mol. The van der Waals surface area contributed by atoms with Crippen molar-refractivity contribution in [2.75, 3.05) is 6.54 Å². The Morgan fingerprint density at radius 2 is 2.06 bits per heavy atom. The third kappa shape index (κ3) is 4.43. The van der Waals surface area contributed by atoms with E-state index < -0.39 is 10.2 Å². The zero-order valence-electron chi connectivity index (χ0n) is 9.35. The van der Waals surface area contributed by atoms with Crippen LogP contribution in [0, 0.1) is 0 Å². The molecule has 3 N–H and O–H groups in total. The number of benzene rings is 1. The van der Waals surface area contributed by atoms with Gasteiger partial charge in [-0.1, -0.05) is 18.5 Å². The minimum atomic E-state index is -1.04. The molecule has 0 aliphatic heterocycles. The summed E-state index contributed by atoms with van der Waals surface area (Å²) in [6.45, 7) is 2.46. The van der Waals surface area contributed by atoms with E-state index in [0.29, 0.717) is 17.3 Å². The molecule has 2 amide bonds. The maximum absolute atomic E-state index is 11.4. The lowest BCUT2D eigenvalue weighted by molar-refractivity contribution is -0.00742. The zero-order chi connectivity index (χ0) is 12.9. The second-order valence-corrected chi connectivity index (χ2v) is 4.46. The molecule has 1 unspecified atom stereocenters. The van der Waals surface area contributed by atoms with Crippen LogP contribution < -0.4 is 14.9 Å². The van der Waals surface area contributed by atoms with Crippen LogP contribution in [-0.2, 0) is 0 Å². The fourth-order valence-electron chi connectivity index (χ4n) is 1.13. The number of nitrogens with zero attached hydrogens (tertiary/aromatic N) is 1. The number of quaternary nitrogens is 1. The molecule has 1 rings (SSSR count). The molecule has 0 aromatic heterocycles. The molecule has 0 aliphatic rings. The number of hydrogen-bond donors (Lipinski definition) is 4. The summed E-state index contributed by atoms with van der Waals surface area (Å²) in [5.74, 6) is 0.